The number of aromatic nitrogens is 2. The van der Waals surface area contributed by atoms with Crippen LogP contribution in [0.3, 0.4) is 0 Å². The molecule has 0 aliphatic rings. The number of nitriles is 1. The van der Waals surface area contributed by atoms with E-state index in [1.807, 2.05) is 19.9 Å². The molecule has 0 fully saturated rings. The van der Waals surface area contributed by atoms with E-state index in [0.717, 1.165) is 0 Å². The van der Waals surface area contributed by atoms with E-state index >= 15 is 0 Å². The van der Waals surface area contributed by atoms with Crippen LogP contribution in [0.25, 0.3) is 0 Å². The summed E-state index contributed by atoms with van der Waals surface area (Å²) >= 11 is 6.09. The van der Waals surface area contributed by atoms with Gasteiger partial charge in [0.2, 0.25) is 0 Å². The van der Waals surface area contributed by atoms with Crippen molar-refractivity contribution in [2.24, 2.45) is 0 Å². The third-order valence-electron chi connectivity index (χ3n) is 2.97. The van der Waals surface area contributed by atoms with Crippen LogP contribution in [0.2, 0.25) is 5.15 Å². The normalized spacial score (nSPS) is 10.5. The number of halogens is 2. The van der Waals surface area contributed by atoms with Crippen LogP contribution in [0, 0.1) is 24.1 Å². The van der Waals surface area contributed by atoms with E-state index < -0.39 is 5.82 Å². The Kier molecular flexibility index (Phi) is 4.39. The minimum atomic E-state index is -0.519. The highest BCUT2D eigenvalue weighted by molar-refractivity contribution is 6.30. The second-order valence-electron chi connectivity index (χ2n) is 4.93. The van der Waals surface area contributed by atoms with Gasteiger partial charge < -0.3 is 5.32 Å². The summed E-state index contributed by atoms with van der Waals surface area (Å²) in [5.74, 6) is 0.633. The third kappa shape index (κ3) is 3.29. The number of nitrogens with one attached hydrogen (secondary N) is 1. The summed E-state index contributed by atoms with van der Waals surface area (Å²) in [5.41, 5.74) is 1.14. The van der Waals surface area contributed by atoms with Crippen molar-refractivity contribution in [3.8, 4) is 6.07 Å². The van der Waals surface area contributed by atoms with Crippen molar-refractivity contribution in [2.75, 3.05) is 5.32 Å². The first-order chi connectivity index (χ1) is 9.92. The van der Waals surface area contributed by atoms with E-state index in [1.54, 1.807) is 6.92 Å². The molecular weight excluding hydrogens is 291 g/mol. The molecule has 4 nitrogen and oxygen atoms in total. The maximum absolute atomic E-state index is 13.9. The first-order valence-electron chi connectivity index (χ1n) is 6.43. The summed E-state index contributed by atoms with van der Waals surface area (Å²) in [6.45, 7) is 5.66. The van der Waals surface area contributed by atoms with Crippen molar-refractivity contribution in [3.63, 3.8) is 0 Å². The molecule has 2 rings (SSSR count). The topological polar surface area (TPSA) is 61.6 Å². The van der Waals surface area contributed by atoms with Gasteiger partial charge in [0.1, 0.15) is 22.6 Å². The number of hydrogen-bond acceptors (Lipinski definition) is 4. The molecule has 0 aliphatic carbocycles. The molecule has 0 radical (unpaired) electrons. The minimum Gasteiger partial charge on any atom is -0.337 e. The average Bonchev–Trinajstić information content (AvgIpc) is 2.45. The molecule has 0 saturated carbocycles. The molecule has 6 heteroatoms. The van der Waals surface area contributed by atoms with Crippen molar-refractivity contribution in [1.82, 2.24) is 9.97 Å². The maximum atomic E-state index is 13.9. The molecule has 0 spiro atoms. The number of benzene rings is 1. The van der Waals surface area contributed by atoms with Gasteiger partial charge in [0.25, 0.3) is 0 Å². The predicted molar refractivity (Wildman–Crippen MR) is 80.3 cm³/mol. The van der Waals surface area contributed by atoms with Crippen LogP contribution in [-0.4, -0.2) is 9.97 Å². The van der Waals surface area contributed by atoms with Gasteiger partial charge in [-0.1, -0.05) is 25.4 Å². The zero-order valence-electron chi connectivity index (χ0n) is 11.9. The van der Waals surface area contributed by atoms with Gasteiger partial charge in [0, 0.05) is 11.5 Å². The van der Waals surface area contributed by atoms with Crippen LogP contribution in [0.1, 0.15) is 36.7 Å². The molecule has 1 heterocycles. The lowest BCUT2D eigenvalue weighted by Gasteiger charge is -2.13. The predicted octanol–water partition coefficient (Wildman–Crippen LogP) is 4.32. The fourth-order valence-corrected chi connectivity index (χ4v) is 1.88. The Morgan fingerprint density at radius 3 is 2.62 bits per heavy atom. The number of hydrogen-bond donors (Lipinski definition) is 1. The Morgan fingerprint density at radius 2 is 2.05 bits per heavy atom. The van der Waals surface area contributed by atoms with E-state index in [4.69, 9.17) is 16.9 Å². The molecular formula is C15H14ClFN4. The van der Waals surface area contributed by atoms with Crippen molar-refractivity contribution >= 4 is 23.1 Å². The molecule has 0 saturated heterocycles. The minimum absolute atomic E-state index is 0.106. The van der Waals surface area contributed by atoms with Crippen LogP contribution in [0.4, 0.5) is 15.9 Å². The standard InChI is InChI=1S/C15H14ClFN4/c1-8(2)14-20-13(16)9(3)15(21-14)19-12-5-4-10(7-18)6-11(12)17/h4-6,8H,1-3H3,(H,19,20,21). The summed E-state index contributed by atoms with van der Waals surface area (Å²) < 4.78 is 13.9. The fraction of sp³-hybridized carbons (Fsp3) is 0.267. The molecule has 0 amide bonds. The van der Waals surface area contributed by atoms with Crippen molar-refractivity contribution in [2.45, 2.75) is 26.7 Å². The smallest absolute Gasteiger partial charge is 0.147 e. The number of nitrogens with zero attached hydrogens (tertiary/aromatic N) is 3. The number of anilines is 2. The SMILES string of the molecule is Cc1c(Cl)nc(C(C)C)nc1Nc1ccc(C#N)cc1F. The summed E-state index contributed by atoms with van der Waals surface area (Å²) in [6, 6.07) is 6.09. The third-order valence-corrected chi connectivity index (χ3v) is 3.34. The molecule has 1 aromatic heterocycles. The van der Waals surface area contributed by atoms with Gasteiger partial charge in [-0.05, 0) is 25.1 Å². The van der Waals surface area contributed by atoms with Crippen molar-refractivity contribution in [1.29, 1.82) is 5.26 Å². The van der Waals surface area contributed by atoms with Crippen LogP contribution in [0.5, 0.6) is 0 Å². The molecule has 0 unspecified atom stereocenters. The van der Waals surface area contributed by atoms with Crippen LogP contribution >= 0.6 is 11.6 Å². The van der Waals surface area contributed by atoms with Crippen LogP contribution in [0.15, 0.2) is 18.2 Å². The first kappa shape index (κ1) is 15.2. The Labute approximate surface area is 127 Å². The van der Waals surface area contributed by atoms with Crippen LogP contribution in [-0.2, 0) is 0 Å². The lowest BCUT2D eigenvalue weighted by molar-refractivity contribution is 0.631. The molecule has 0 aliphatic heterocycles. The van der Waals surface area contributed by atoms with E-state index in [-0.39, 0.29) is 17.2 Å². The van der Waals surface area contributed by atoms with Gasteiger partial charge in [-0.25, -0.2) is 14.4 Å². The summed E-state index contributed by atoms with van der Waals surface area (Å²) in [6.07, 6.45) is 0. The largest absolute Gasteiger partial charge is 0.337 e. The molecule has 21 heavy (non-hydrogen) atoms. The summed E-state index contributed by atoms with van der Waals surface area (Å²) in [5, 5.41) is 12.0. The number of rotatable bonds is 3. The Hall–Kier alpha value is -2.19. The Bertz CT molecular complexity index is 722. The van der Waals surface area contributed by atoms with Crippen molar-refractivity contribution in [3.05, 3.63) is 46.1 Å². The molecule has 0 bridgehead atoms. The monoisotopic (exact) mass is 304 g/mol. The highest BCUT2D eigenvalue weighted by atomic mass is 35.5. The fourth-order valence-electron chi connectivity index (χ4n) is 1.70. The van der Waals surface area contributed by atoms with E-state index in [0.29, 0.717) is 22.4 Å². The Morgan fingerprint density at radius 1 is 1.33 bits per heavy atom. The average molecular weight is 305 g/mol. The zero-order chi connectivity index (χ0) is 15.6. The summed E-state index contributed by atoms with van der Waals surface area (Å²) in [4.78, 5) is 8.58. The highest BCUT2D eigenvalue weighted by Crippen LogP contribution is 2.27. The maximum Gasteiger partial charge on any atom is 0.147 e. The van der Waals surface area contributed by atoms with Gasteiger partial charge in [-0.15, -0.1) is 0 Å². The first-order valence-corrected chi connectivity index (χ1v) is 6.81. The quantitative estimate of drug-likeness (QED) is 0.858. The molecule has 2 aromatic rings. The van der Waals surface area contributed by atoms with Crippen molar-refractivity contribution < 1.29 is 4.39 Å². The lowest BCUT2D eigenvalue weighted by Crippen LogP contribution is -2.06. The van der Waals surface area contributed by atoms with Gasteiger partial charge >= 0.3 is 0 Å². The Balaban J connectivity index is 2.42. The van der Waals surface area contributed by atoms with E-state index in [1.165, 1.54) is 18.2 Å². The summed E-state index contributed by atoms with van der Waals surface area (Å²) in [7, 11) is 0. The molecule has 108 valence electrons. The van der Waals surface area contributed by atoms with Gasteiger partial charge in [0.05, 0.1) is 17.3 Å². The van der Waals surface area contributed by atoms with E-state index in [2.05, 4.69) is 15.3 Å². The highest BCUT2D eigenvalue weighted by Gasteiger charge is 2.13. The lowest BCUT2D eigenvalue weighted by atomic mass is 10.2. The zero-order valence-corrected chi connectivity index (χ0v) is 12.7. The second kappa shape index (κ2) is 6.06. The van der Waals surface area contributed by atoms with Gasteiger partial charge in [0.15, 0.2) is 0 Å². The van der Waals surface area contributed by atoms with E-state index in [9.17, 15) is 4.39 Å². The second-order valence-corrected chi connectivity index (χ2v) is 5.29. The van der Waals surface area contributed by atoms with Gasteiger partial charge in [-0.2, -0.15) is 5.26 Å². The molecule has 1 aromatic carbocycles. The van der Waals surface area contributed by atoms with Gasteiger partial charge in [-0.3, -0.25) is 0 Å². The molecule has 0 atom stereocenters. The molecule has 1 N–H and O–H groups in total. The van der Waals surface area contributed by atoms with Crippen LogP contribution < -0.4 is 5.32 Å².